The van der Waals surface area contributed by atoms with E-state index in [1.165, 1.54) is 4.31 Å². The number of halogens is 1. The molecule has 1 atom stereocenters. The van der Waals surface area contributed by atoms with Crippen LogP contribution in [0.25, 0.3) is 0 Å². The Kier molecular flexibility index (Phi) is 6.75. The first kappa shape index (κ1) is 23.0. The quantitative estimate of drug-likeness (QED) is 0.650. The number of piperidine rings is 1. The molecule has 30 heavy (non-hydrogen) atoms. The van der Waals surface area contributed by atoms with Crippen molar-refractivity contribution in [3.8, 4) is 0 Å². The van der Waals surface area contributed by atoms with E-state index in [-0.39, 0.29) is 18.4 Å². The molecule has 0 bridgehead atoms. The monoisotopic (exact) mass is 492 g/mol. The number of aryl methyl sites for hydroxylation is 5. The molecule has 2 aromatic carbocycles. The molecule has 3 rings (SSSR count). The van der Waals surface area contributed by atoms with Crippen LogP contribution in [0.15, 0.2) is 33.6 Å². The lowest BCUT2D eigenvalue weighted by Gasteiger charge is -2.32. The molecule has 1 aliphatic rings. The van der Waals surface area contributed by atoms with Crippen molar-refractivity contribution in [2.24, 2.45) is 5.92 Å². The molecule has 0 spiro atoms. The number of nitrogens with zero attached hydrogens (tertiary/aromatic N) is 1. The Morgan fingerprint density at radius 2 is 1.57 bits per heavy atom. The number of sulfonamides is 1. The van der Waals surface area contributed by atoms with Crippen LogP contribution in [0.1, 0.15) is 40.7 Å². The molecular weight excluding hydrogens is 464 g/mol. The van der Waals surface area contributed by atoms with E-state index in [1.807, 2.05) is 58.9 Å². The second-order valence-electron chi connectivity index (χ2n) is 8.33. The standard InChI is InChI=1S/C23H29BrN2O3S/c1-14-9-17(4)22(18(5)10-14)30(28,29)26-8-6-7-19(13-26)23(27)25-21-15(2)11-20(24)12-16(21)3/h9-12,19H,6-8,13H2,1-5H3,(H,25,27)/t19-/m0/s1. The molecule has 0 aliphatic carbocycles. The number of anilines is 1. The second kappa shape index (κ2) is 8.81. The molecule has 1 amide bonds. The zero-order valence-electron chi connectivity index (χ0n) is 18.2. The lowest BCUT2D eigenvalue weighted by molar-refractivity contribution is -0.120. The first-order chi connectivity index (χ1) is 14.0. The highest BCUT2D eigenvalue weighted by Gasteiger charge is 2.35. The summed E-state index contributed by atoms with van der Waals surface area (Å²) in [7, 11) is -3.65. The van der Waals surface area contributed by atoms with Gasteiger partial charge in [-0.05, 0) is 81.8 Å². The van der Waals surface area contributed by atoms with Crippen molar-refractivity contribution in [3.05, 3.63) is 56.6 Å². The third-order valence-electron chi connectivity index (χ3n) is 5.70. The maximum absolute atomic E-state index is 13.4. The Hall–Kier alpha value is -1.70. The lowest BCUT2D eigenvalue weighted by atomic mass is 9.98. The van der Waals surface area contributed by atoms with E-state index in [2.05, 4.69) is 21.2 Å². The van der Waals surface area contributed by atoms with Crippen molar-refractivity contribution in [2.75, 3.05) is 18.4 Å². The summed E-state index contributed by atoms with van der Waals surface area (Å²) in [5.41, 5.74) is 5.29. The van der Waals surface area contributed by atoms with Gasteiger partial charge in [0.1, 0.15) is 0 Å². The zero-order chi connectivity index (χ0) is 22.2. The van der Waals surface area contributed by atoms with Crippen molar-refractivity contribution >= 4 is 37.5 Å². The highest BCUT2D eigenvalue weighted by molar-refractivity contribution is 9.10. The SMILES string of the molecule is Cc1cc(C)c(S(=O)(=O)N2CCC[C@H](C(=O)Nc3c(C)cc(Br)cc3C)C2)c(C)c1. The van der Waals surface area contributed by atoms with E-state index < -0.39 is 10.0 Å². The molecule has 1 aliphatic heterocycles. The van der Waals surface area contributed by atoms with Gasteiger partial charge in [0.25, 0.3) is 0 Å². The van der Waals surface area contributed by atoms with Crippen LogP contribution >= 0.6 is 15.9 Å². The molecule has 2 aromatic rings. The largest absolute Gasteiger partial charge is 0.325 e. The van der Waals surface area contributed by atoms with Crippen molar-refractivity contribution < 1.29 is 13.2 Å². The van der Waals surface area contributed by atoms with E-state index in [0.29, 0.717) is 24.3 Å². The number of carbonyl (C=O) groups excluding carboxylic acids is 1. The maximum atomic E-state index is 13.4. The van der Waals surface area contributed by atoms with Crippen LogP contribution in [0, 0.1) is 40.5 Å². The van der Waals surface area contributed by atoms with E-state index in [0.717, 1.165) is 38.0 Å². The minimum absolute atomic E-state index is 0.124. The summed E-state index contributed by atoms with van der Waals surface area (Å²) >= 11 is 3.47. The number of rotatable bonds is 4. The van der Waals surface area contributed by atoms with Gasteiger partial charge in [-0.2, -0.15) is 4.31 Å². The summed E-state index contributed by atoms with van der Waals surface area (Å²) in [6.07, 6.45) is 1.35. The molecule has 7 heteroatoms. The fourth-order valence-electron chi connectivity index (χ4n) is 4.41. The molecule has 1 heterocycles. The fourth-order valence-corrected chi connectivity index (χ4v) is 7.03. The van der Waals surface area contributed by atoms with Crippen LogP contribution in [0.5, 0.6) is 0 Å². The average Bonchev–Trinajstić information content (AvgIpc) is 2.63. The molecular formula is C23H29BrN2O3S. The summed E-state index contributed by atoms with van der Waals surface area (Å²) < 4.78 is 29.2. The van der Waals surface area contributed by atoms with Gasteiger partial charge in [0.2, 0.25) is 15.9 Å². The zero-order valence-corrected chi connectivity index (χ0v) is 20.6. The van der Waals surface area contributed by atoms with Crippen molar-refractivity contribution in [3.63, 3.8) is 0 Å². The third kappa shape index (κ3) is 4.63. The molecule has 0 aromatic heterocycles. The van der Waals surface area contributed by atoms with Crippen LogP contribution in [0.2, 0.25) is 0 Å². The molecule has 0 saturated carbocycles. The minimum atomic E-state index is -3.65. The average molecular weight is 493 g/mol. The Bertz CT molecular complexity index is 1050. The van der Waals surface area contributed by atoms with Crippen molar-refractivity contribution in [2.45, 2.75) is 52.4 Å². The Labute approximate surface area is 188 Å². The topological polar surface area (TPSA) is 66.5 Å². The predicted molar refractivity (Wildman–Crippen MR) is 124 cm³/mol. The maximum Gasteiger partial charge on any atom is 0.243 e. The highest BCUT2D eigenvalue weighted by Crippen LogP contribution is 2.30. The molecule has 0 radical (unpaired) electrons. The van der Waals surface area contributed by atoms with Gasteiger partial charge in [-0.3, -0.25) is 4.79 Å². The van der Waals surface area contributed by atoms with Crippen molar-refractivity contribution in [1.29, 1.82) is 0 Å². The number of hydrogen-bond donors (Lipinski definition) is 1. The van der Waals surface area contributed by atoms with Gasteiger partial charge in [-0.15, -0.1) is 0 Å². The lowest BCUT2D eigenvalue weighted by Crippen LogP contribution is -2.44. The highest BCUT2D eigenvalue weighted by atomic mass is 79.9. The van der Waals surface area contributed by atoms with Gasteiger partial charge in [0.15, 0.2) is 0 Å². The molecule has 0 unspecified atom stereocenters. The Morgan fingerprint density at radius 3 is 2.13 bits per heavy atom. The molecule has 1 fully saturated rings. The van der Waals surface area contributed by atoms with E-state index in [1.54, 1.807) is 0 Å². The van der Waals surface area contributed by atoms with Crippen LogP contribution in [0.3, 0.4) is 0 Å². The van der Waals surface area contributed by atoms with Crippen LogP contribution < -0.4 is 5.32 Å². The molecule has 1 N–H and O–H groups in total. The van der Waals surface area contributed by atoms with E-state index in [9.17, 15) is 13.2 Å². The number of hydrogen-bond acceptors (Lipinski definition) is 3. The van der Waals surface area contributed by atoms with Gasteiger partial charge in [0.05, 0.1) is 10.8 Å². The Morgan fingerprint density at radius 1 is 1.00 bits per heavy atom. The predicted octanol–water partition coefficient (Wildman–Crippen LogP) is 5.03. The first-order valence-corrected chi connectivity index (χ1v) is 12.4. The number of benzene rings is 2. The summed E-state index contributed by atoms with van der Waals surface area (Å²) in [5, 5.41) is 3.04. The minimum Gasteiger partial charge on any atom is -0.325 e. The summed E-state index contributed by atoms with van der Waals surface area (Å²) in [5.74, 6) is -0.497. The van der Waals surface area contributed by atoms with Gasteiger partial charge in [-0.25, -0.2) is 8.42 Å². The molecule has 5 nitrogen and oxygen atoms in total. The number of carbonyl (C=O) groups is 1. The van der Waals surface area contributed by atoms with Crippen LogP contribution in [-0.4, -0.2) is 31.7 Å². The van der Waals surface area contributed by atoms with Gasteiger partial charge in [0, 0.05) is 23.2 Å². The summed E-state index contributed by atoms with van der Waals surface area (Å²) in [6, 6.07) is 7.71. The van der Waals surface area contributed by atoms with Gasteiger partial charge >= 0.3 is 0 Å². The Balaban J connectivity index is 1.83. The smallest absolute Gasteiger partial charge is 0.243 e. The summed E-state index contributed by atoms with van der Waals surface area (Å²) in [4.78, 5) is 13.4. The van der Waals surface area contributed by atoms with Crippen LogP contribution in [-0.2, 0) is 14.8 Å². The van der Waals surface area contributed by atoms with Crippen LogP contribution in [0.4, 0.5) is 5.69 Å². The number of amides is 1. The van der Waals surface area contributed by atoms with Crippen molar-refractivity contribution in [1.82, 2.24) is 4.31 Å². The van der Waals surface area contributed by atoms with E-state index >= 15 is 0 Å². The fraction of sp³-hybridized carbons (Fsp3) is 0.435. The normalized spacial score (nSPS) is 17.7. The molecule has 1 saturated heterocycles. The van der Waals surface area contributed by atoms with Gasteiger partial charge < -0.3 is 5.32 Å². The first-order valence-electron chi connectivity index (χ1n) is 10.2. The summed E-state index contributed by atoms with van der Waals surface area (Å²) in [6.45, 7) is 10.2. The van der Waals surface area contributed by atoms with Gasteiger partial charge in [-0.1, -0.05) is 33.6 Å². The number of nitrogens with one attached hydrogen (secondary N) is 1. The second-order valence-corrected chi connectivity index (χ2v) is 11.1. The third-order valence-corrected chi connectivity index (χ3v) is 8.33. The van der Waals surface area contributed by atoms with E-state index in [4.69, 9.17) is 0 Å². The molecule has 162 valence electrons.